The van der Waals surface area contributed by atoms with Crippen molar-refractivity contribution in [3.05, 3.63) is 40.4 Å². The Morgan fingerprint density at radius 3 is 2.71 bits per heavy atom. The molecule has 0 radical (unpaired) electrons. The zero-order chi connectivity index (χ0) is 12.8. The van der Waals surface area contributed by atoms with Crippen LogP contribution in [0.3, 0.4) is 0 Å². The summed E-state index contributed by atoms with van der Waals surface area (Å²) in [5.74, 6) is 0.670. The minimum Gasteiger partial charge on any atom is -0.488 e. The van der Waals surface area contributed by atoms with Gasteiger partial charge in [-0.3, -0.25) is 0 Å². The van der Waals surface area contributed by atoms with Crippen molar-refractivity contribution in [1.29, 1.82) is 0 Å². The first-order valence-corrected chi connectivity index (χ1v) is 6.25. The summed E-state index contributed by atoms with van der Waals surface area (Å²) in [6.07, 6.45) is 1.69. The highest BCUT2D eigenvalue weighted by Gasteiger charge is 2.10. The van der Waals surface area contributed by atoms with Gasteiger partial charge in [-0.1, -0.05) is 49.7 Å². The smallest absolute Gasteiger partial charge is 0.142 e. The summed E-state index contributed by atoms with van der Waals surface area (Å²) in [4.78, 5) is 0. The van der Waals surface area contributed by atoms with Crippen molar-refractivity contribution in [1.82, 2.24) is 5.32 Å². The maximum atomic E-state index is 6.11. The SMILES string of the molecule is C=CCOc1c(Cl)cc(Cl)cc1CNC(C)C. The summed E-state index contributed by atoms with van der Waals surface area (Å²) in [5.41, 5.74) is 0.957. The Morgan fingerprint density at radius 2 is 2.12 bits per heavy atom. The quantitative estimate of drug-likeness (QED) is 0.790. The maximum absolute atomic E-state index is 6.11. The molecular weight excluding hydrogens is 257 g/mol. The Morgan fingerprint density at radius 1 is 1.41 bits per heavy atom. The highest BCUT2D eigenvalue weighted by atomic mass is 35.5. The Kier molecular flexibility index (Phi) is 5.83. The molecule has 94 valence electrons. The largest absolute Gasteiger partial charge is 0.488 e. The van der Waals surface area contributed by atoms with Crippen molar-refractivity contribution in [2.24, 2.45) is 0 Å². The van der Waals surface area contributed by atoms with Gasteiger partial charge in [-0.05, 0) is 12.1 Å². The lowest BCUT2D eigenvalue weighted by Crippen LogP contribution is -2.22. The van der Waals surface area contributed by atoms with E-state index in [0.717, 1.165) is 5.56 Å². The molecule has 1 N–H and O–H groups in total. The zero-order valence-electron chi connectivity index (χ0n) is 10.1. The van der Waals surface area contributed by atoms with E-state index in [1.54, 1.807) is 12.1 Å². The van der Waals surface area contributed by atoms with Crippen molar-refractivity contribution in [3.63, 3.8) is 0 Å². The number of benzene rings is 1. The molecule has 1 aromatic rings. The summed E-state index contributed by atoms with van der Waals surface area (Å²) in [6.45, 7) is 8.87. The van der Waals surface area contributed by atoms with E-state index in [1.807, 2.05) is 6.07 Å². The fraction of sp³-hybridized carbons (Fsp3) is 0.385. The molecule has 0 aliphatic heterocycles. The van der Waals surface area contributed by atoms with Crippen LogP contribution in [0.5, 0.6) is 5.75 Å². The molecule has 0 atom stereocenters. The molecule has 0 aliphatic carbocycles. The lowest BCUT2D eigenvalue weighted by molar-refractivity contribution is 0.357. The number of rotatable bonds is 6. The fourth-order valence-corrected chi connectivity index (χ4v) is 1.95. The fourth-order valence-electron chi connectivity index (χ4n) is 1.36. The van der Waals surface area contributed by atoms with E-state index in [0.29, 0.717) is 35.0 Å². The van der Waals surface area contributed by atoms with Crippen LogP contribution in [0.2, 0.25) is 10.0 Å². The van der Waals surface area contributed by atoms with Crippen LogP contribution in [0.15, 0.2) is 24.8 Å². The molecule has 0 aromatic heterocycles. The summed E-state index contributed by atoms with van der Waals surface area (Å²) < 4.78 is 5.56. The van der Waals surface area contributed by atoms with E-state index in [2.05, 4.69) is 25.7 Å². The first-order valence-electron chi connectivity index (χ1n) is 5.49. The molecule has 2 nitrogen and oxygen atoms in total. The molecule has 0 heterocycles. The van der Waals surface area contributed by atoms with Crippen LogP contribution >= 0.6 is 23.2 Å². The van der Waals surface area contributed by atoms with E-state index in [1.165, 1.54) is 0 Å². The third kappa shape index (κ3) is 4.58. The molecule has 0 fully saturated rings. The van der Waals surface area contributed by atoms with E-state index in [4.69, 9.17) is 27.9 Å². The van der Waals surface area contributed by atoms with Crippen molar-refractivity contribution < 1.29 is 4.74 Å². The lowest BCUT2D eigenvalue weighted by Gasteiger charge is -2.14. The first kappa shape index (κ1) is 14.4. The Balaban J connectivity index is 2.93. The molecule has 0 aliphatic rings. The van der Waals surface area contributed by atoms with Gasteiger partial charge in [0.1, 0.15) is 12.4 Å². The first-order chi connectivity index (χ1) is 8.04. The standard InChI is InChI=1S/C13H17Cl2NO/c1-4-5-17-13-10(8-16-9(2)3)6-11(14)7-12(13)15/h4,6-7,9,16H,1,5,8H2,2-3H3. The second kappa shape index (κ2) is 6.90. The highest BCUT2D eigenvalue weighted by molar-refractivity contribution is 6.35. The van der Waals surface area contributed by atoms with Gasteiger partial charge in [0.15, 0.2) is 0 Å². The number of ether oxygens (including phenoxy) is 1. The average Bonchev–Trinajstić information content (AvgIpc) is 2.24. The Bertz CT molecular complexity index is 391. The number of halogens is 2. The predicted octanol–water partition coefficient (Wildman–Crippen LogP) is 4.06. The second-order valence-corrected chi connectivity index (χ2v) is 4.85. The van der Waals surface area contributed by atoms with Crippen LogP contribution in [0.4, 0.5) is 0 Å². The normalized spacial score (nSPS) is 10.6. The van der Waals surface area contributed by atoms with Gasteiger partial charge in [0, 0.05) is 23.2 Å². The van der Waals surface area contributed by atoms with Crippen molar-refractivity contribution in [2.75, 3.05) is 6.61 Å². The Hall–Kier alpha value is -0.700. The van der Waals surface area contributed by atoms with Crippen LogP contribution in [0.25, 0.3) is 0 Å². The van der Waals surface area contributed by atoms with E-state index >= 15 is 0 Å². The molecule has 0 bridgehead atoms. The average molecular weight is 274 g/mol. The van der Waals surface area contributed by atoms with Crippen molar-refractivity contribution in [3.8, 4) is 5.75 Å². The van der Waals surface area contributed by atoms with Crippen LogP contribution in [0.1, 0.15) is 19.4 Å². The summed E-state index contributed by atoms with van der Waals surface area (Å²) in [7, 11) is 0. The van der Waals surface area contributed by atoms with Gasteiger partial charge in [-0.25, -0.2) is 0 Å². The maximum Gasteiger partial charge on any atom is 0.142 e. The van der Waals surface area contributed by atoms with E-state index < -0.39 is 0 Å². The molecule has 17 heavy (non-hydrogen) atoms. The van der Waals surface area contributed by atoms with Crippen LogP contribution < -0.4 is 10.1 Å². The van der Waals surface area contributed by atoms with Crippen molar-refractivity contribution in [2.45, 2.75) is 26.4 Å². The van der Waals surface area contributed by atoms with Gasteiger partial charge < -0.3 is 10.1 Å². The minimum absolute atomic E-state index is 0.389. The second-order valence-electron chi connectivity index (χ2n) is 4.01. The van der Waals surface area contributed by atoms with Gasteiger partial charge in [-0.2, -0.15) is 0 Å². The molecule has 0 spiro atoms. The van der Waals surface area contributed by atoms with E-state index in [9.17, 15) is 0 Å². The van der Waals surface area contributed by atoms with Gasteiger partial charge in [0.05, 0.1) is 5.02 Å². The molecule has 0 saturated carbocycles. The minimum atomic E-state index is 0.389. The molecule has 4 heteroatoms. The van der Waals surface area contributed by atoms with Gasteiger partial charge in [0.2, 0.25) is 0 Å². The molecule has 0 saturated heterocycles. The van der Waals surface area contributed by atoms with Crippen LogP contribution in [-0.2, 0) is 6.54 Å². The summed E-state index contributed by atoms with van der Waals surface area (Å²) in [5, 5.41) is 4.45. The van der Waals surface area contributed by atoms with Gasteiger partial charge in [-0.15, -0.1) is 0 Å². The third-order valence-corrected chi connectivity index (χ3v) is 2.63. The van der Waals surface area contributed by atoms with Gasteiger partial charge in [0.25, 0.3) is 0 Å². The zero-order valence-corrected chi connectivity index (χ0v) is 11.6. The molecule has 0 unspecified atom stereocenters. The van der Waals surface area contributed by atoms with Crippen LogP contribution in [0, 0.1) is 0 Å². The van der Waals surface area contributed by atoms with Gasteiger partial charge >= 0.3 is 0 Å². The monoisotopic (exact) mass is 273 g/mol. The summed E-state index contributed by atoms with van der Waals surface area (Å²) in [6, 6.07) is 3.93. The summed E-state index contributed by atoms with van der Waals surface area (Å²) >= 11 is 12.1. The Labute approximate surface area is 113 Å². The number of hydrogen-bond acceptors (Lipinski definition) is 2. The number of nitrogens with one attached hydrogen (secondary N) is 1. The van der Waals surface area contributed by atoms with E-state index in [-0.39, 0.29) is 0 Å². The number of hydrogen-bond donors (Lipinski definition) is 1. The van der Waals surface area contributed by atoms with Crippen molar-refractivity contribution >= 4 is 23.2 Å². The molecule has 0 amide bonds. The topological polar surface area (TPSA) is 21.3 Å². The molecular formula is C13H17Cl2NO. The molecule has 1 rings (SSSR count). The predicted molar refractivity (Wildman–Crippen MR) is 74.1 cm³/mol. The highest BCUT2D eigenvalue weighted by Crippen LogP contribution is 2.32. The molecule has 1 aromatic carbocycles. The van der Waals surface area contributed by atoms with Crippen LogP contribution in [-0.4, -0.2) is 12.6 Å². The third-order valence-electron chi connectivity index (χ3n) is 2.13. The lowest BCUT2D eigenvalue weighted by atomic mass is 10.2.